The zero-order chi connectivity index (χ0) is 26.6. The number of benzene rings is 4. The molecule has 38 heavy (non-hydrogen) atoms. The van der Waals surface area contributed by atoms with Gasteiger partial charge in [0.25, 0.3) is 5.91 Å². The average Bonchev–Trinajstić information content (AvgIpc) is 2.97. The Bertz CT molecular complexity index is 1420. The van der Waals surface area contributed by atoms with Gasteiger partial charge in [-0.05, 0) is 52.9 Å². The summed E-state index contributed by atoms with van der Waals surface area (Å²) in [6.07, 6.45) is 0. The molecule has 0 aliphatic carbocycles. The van der Waals surface area contributed by atoms with Crippen LogP contribution in [0.1, 0.15) is 27.5 Å². The van der Waals surface area contributed by atoms with Crippen molar-refractivity contribution in [1.82, 2.24) is 9.80 Å². The second kappa shape index (κ2) is 11.3. The summed E-state index contributed by atoms with van der Waals surface area (Å²) in [7, 11) is 4.77. The number of amides is 1. The molecule has 4 aromatic rings. The molecule has 1 aliphatic heterocycles. The maximum Gasteiger partial charge on any atom is 0.253 e. The number of carbonyl (C=O) groups excluding carboxylic acids is 1. The van der Waals surface area contributed by atoms with Crippen LogP contribution in [-0.4, -0.2) is 63.2 Å². The third-order valence-corrected chi connectivity index (χ3v) is 7.41. The second-order valence-corrected chi connectivity index (χ2v) is 9.71. The number of nitrogens with zero attached hydrogens (tertiary/aromatic N) is 2. The number of hydrogen-bond acceptors (Lipinski definition) is 5. The van der Waals surface area contributed by atoms with Crippen molar-refractivity contribution in [2.24, 2.45) is 0 Å². The van der Waals surface area contributed by atoms with Gasteiger partial charge in [0.1, 0.15) is 0 Å². The fourth-order valence-electron chi connectivity index (χ4n) is 5.27. The summed E-state index contributed by atoms with van der Waals surface area (Å²) in [4.78, 5) is 17.9. The number of rotatable bonds is 7. The number of methoxy groups -OCH3 is 3. The minimum atomic E-state index is 0.0167. The number of piperazine rings is 1. The summed E-state index contributed by atoms with van der Waals surface area (Å²) in [6, 6.07) is 26.2. The van der Waals surface area contributed by atoms with Gasteiger partial charge >= 0.3 is 0 Å². The molecule has 0 bridgehead atoms. The molecule has 1 fully saturated rings. The smallest absolute Gasteiger partial charge is 0.253 e. The molecule has 0 spiro atoms. The normalized spacial score (nSPS) is 14.8. The van der Waals surface area contributed by atoms with Gasteiger partial charge in [-0.25, -0.2) is 0 Å². The summed E-state index contributed by atoms with van der Waals surface area (Å²) in [5, 5.41) is 2.44. The van der Waals surface area contributed by atoms with Crippen LogP contribution < -0.4 is 14.2 Å². The van der Waals surface area contributed by atoms with Gasteiger partial charge in [-0.3, -0.25) is 9.69 Å². The number of hydrogen-bond donors (Lipinski definition) is 0. The lowest BCUT2D eigenvalue weighted by molar-refractivity contribution is 0.0597. The zero-order valence-electron chi connectivity index (χ0n) is 21.8. The predicted octanol–water partition coefficient (Wildman–Crippen LogP) is 6.07. The van der Waals surface area contributed by atoms with E-state index in [1.807, 2.05) is 47.4 Å². The fraction of sp³-hybridized carbons (Fsp3) is 0.258. The lowest BCUT2D eigenvalue weighted by Gasteiger charge is -2.40. The van der Waals surface area contributed by atoms with E-state index in [-0.39, 0.29) is 11.9 Å². The summed E-state index contributed by atoms with van der Waals surface area (Å²) in [6.45, 7) is 2.81. The fourth-order valence-corrected chi connectivity index (χ4v) is 5.40. The molecule has 0 saturated carbocycles. The number of carbonyl (C=O) groups is 1. The molecule has 4 aromatic carbocycles. The van der Waals surface area contributed by atoms with Gasteiger partial charge in [0.05, 0.1) is 27.4 Å². The predicted molar refractivity (Wildman–Crippen MR) is 151 cm³/mol. The van der Waals surface area contributed by atoms with Gasteiger partial charge in [-0.2, -0.15) is 0 Å². The van der Waals surface area contributed by atoms with Gasteiger partial charge in [0.2, 0.25) is 5.75 Å². The molecule has 0 aromatic heterocycles. The van der Waals surface area contributed by atoms with Crippen LogP contribution in [0.2, 0.25) is 5.02 Å². The van der Waals surface area contributed by atoms with Crippen molar-refractivity contribution in [2.75, 3.05) is 47.5 Å². The molecule has 1 unspecified atom stereocenters. The van der Waals surface area contributed by atoms with Crippen LogP contribution in [0, 0.1) is 0 Å². The molecule has 1 amide bonds. The summed E-state index contributed by atoms with van der Waals surface area (Å²) >= 11 is 6.17. The maximum absolute atomic E-state index is 13.5. The summed E-state index contributed by atoms with van der Waals surface area (Å²) < 4.78 is 16.6. The quantitative estimate of drug-likeness (QED) is 0.290. The van der Waals surface area contributed by atoms with Gasteiger partial charge in [0.15, 0.2) is 11.5 Å². The van der Waals surface area contributed by atoms with Crippen LogP contribution in [0.5, 0.6) is 17.2 Å². The third-order valence-electron chi connectivity index (χ3n) is 7.16. The molecule has 1 atom stereocenters. The highest BCUT2D eigenvalue weighted by Crippen LogP contribution is 2.43. The molecule has 6 nitrogen and oxygen atoms in total. The van der Waals surface area contributed by atoms with E-state index < -0.39 is 0 Å². The summed E-state index contributed by atoms with van der Waals surface area (Å²) in [5.74, 6) is 1.70. The van der Waals surface area contributed by atoms with Crippen molar-refractivity contribution in [3.63, 3.8) is 0 Å². The molecule has 196 valence electrons. The highest BCUT2D eigenvalue weighted by atomic mass is 35.5. The van der Waals surface area contributed by atoms with Crippen molar-refractivity contribution in [1.29, 1.82) is 0 Å². The van der Waals surface area contributed by atoms with Crippen LogP contribution in [0.15, 0.2) is 78.9 Å². The Labute approximate surface area is 228 Å². The van der Waals surface area contributed by atoms with Crippen molar-refractivity contribution in [3.8, 4) is 17.2 Å². The van der Waals surface area contributed by atoms with Crippen LogP contribution >= 0.6 is 11.6 Å². The molecular formula is C31H31ClN2O4. The lowest BCUT2D eigenvalue weighted by Crippen LogP contribution is -2.49. The van der Waals surface area contributed by atoms with E-state index in [0.717, 1.165) is 28.9 Å². The van der Waals surface area contributed by atoms with E-state index in [9.17, 15) is 4.79 Å². The third kappa shape index (κ3) is 5.02. The van der Waals surface area contributed by atoms with Gasteiger partial charge in [-0.15, -0.1) is 0 Å². The molecule has 0 radical (unpaired) electrons. The molecule has 1 heterocycles. The van der Waals surface area contributed by atoms with E-state index in [1.165, 1.54) is 11.1 Å². The monoisotopic (exact) mass is 530 g/mol. The molecule has 1 saturated heterocycles. The topological polar surface area (TPSA) is 51.2 Å². The number of fused-ring (bicyclic) bond motifs is 1. The van der Waals surface area contributed by atoms with Gasteiger partial charge in [0, 0.05) is 42.2 Å². The van der Waals surface area contributed by atoms with Crippen molar-refractivity contribution >= 4 is 28.3 Å². The Balaban J connectivity index is 1.37. The van der Waals surface area contributed by atoms with Crippen LogP contribution in [0.3, 0.4) is 0 Å². The SMILES string of the molecule is COc1cc2cc(C(=O)N3CCN(C(c4ccccc4)c4ccc(Cl)cc4)CC3)ccc2c(OC)c1OC. The minimum absolute atomic E-state index is 0.0167. The van der Waals surface area contributed by atoms with E-state index in [4.69, 9.17) is 25.8 Å². The molecule has 7 heteroatoms. The maximum atomic E-state index is 13.5. The van der Waals surface area contributed by atoms with E-state index in [0.29, 0.717) is 35.9 Å². The van der Waals surface area contributed by atoms with Crippen molar-refractivity contribution < 1.29 is 19.0 Å². The van der Waals surface area contributed by atoms with E-state index in [2.05, 4.69) is 41.3 Å². The molecule has 1 aliphatic rings. The first-order valence-electron chi connectivity index (χ1n) is 12.6. The highest BCUT2D eigenvalue weighted by molar-refractivity contribution is 6.30. The van der Waals surface area contributed by atoms with Gasteiger partial charge < -0.3 is 19.1 Å². The first-order chi connectivity index (χ1) is 18.5. The molecular weight excluding hydrogens is 500 g/mol. The van der Waals surface area contributed by atoms with E-state index in [1.54, 1.807) is 21.3 Å². The summed E-state index contributed by atoms with van der Waals surface area (Å²) in [5.41, 5.74) is 3.05. The van der Waals surface area contributed by atoms with Crippen LogP contribution in [0.25, 0.3) is 10.8 Å². The zero-order valence-corrected chi connectivity index (χ0v) is 22.6. The Morgan fingerprint density at radius 2 is 1.42 bits per heavy atom. The van der Waals surface area contributed by atoms with Crippen molar-refractivity contribution in [2.45, 2.75) is 6.04 Å². The average molecular weight is 531 g/mol. The minimum Gasteiger partial charge on any atom is -0.493 e. The first-order valence-corrected chi connectivity index (χ1v) is 13.0. The van der Waals surface area contributed by atoms with Crippen LogP contribution in [0.4, 0.5) is 0 Å². The Morgan fingerprint density at radius 3 is 2.05 bits per heavy atom. The molecule has 0 N–H and O–H groups in total. The highest BCUT2D eigenvalue weighted by Gasteiger charge is 2.29. The molecule has 5 rings (SSSR count). The number of halogens is 1. The van der Waals surface area contributed by atoms with Gasteiger partial charge in [-0.1, -0.05) is 54.1 Å². The lowest BCUT2D eigenvalue weighted by atomic mass is 9.96. The standard InChI is InChI=1S/C31H31ClN2O4/c1-36-27-20-24-19-23(11-14-26(24)29(37-2)30(27)38-3)31(35)34-17-15-33(16-18-34)28(21-7-5-4-6-8-21)22-9-12-25(32)13-10-22/h4-14,19-20,28H,15-18H2,1-3H3. The second-order valence-electron chi connectivity index (χ2n) is 9.27. The Kier molecular flexibility index (Phi) is 7.72. The van der Waals surface area contributed by atoms with E-state index >= 15 is 0 Å². The Morgan fingerprint density at radius 1 is 0.763 bits per heavy atom. The first kappa shape index (κ1) is 25.9. The largest absolute Gasteiger partial charge is 0.493 e. The number of ether oxygens (including phenoxy) is 3. The van der Waals surface area contributed by atoms with Crippen LogP contribution in [-0.2, 0) is 0 Å². The Hall–Kier alpha value is -3.74. The van der Waals surface area contributed by atoms with Crippen molar-refractivity contribution in [3.05, 3.63) is 101 Å².